The molecule has 2 aromatic carbocycles. The fraction of sp³-hybridized carbons (Fsp3) is 0.176. The van der Waals surface area contributed by atoms with Crippen LogP contribution in [0.25, 0.3) is 0 Å². The zero-order valence-electron chi connectivity index (χ0n) is 13.0. The molecule has 0 radical (unpaired) electrons. The number of ether oxygens (including phenoxy) is 1. The number of amides is 1. The SMILES string of the molecule is COc1cc(/C=N\NC(=O)CSCc2cccc(Cl)c2)ccc1O. The average molecular weight is 365 g/mol. The average Bonchev–Trinajstić information content (AvgIpc) is 2.56. The second-order valence-corrected chi connectivity index (χ2v) is 6.27. The van der Waals surface area contributed by atoms with Gasteiger partial charge in [0.05, 0.1) is 19.1 Å². The number of nitrogens with one attached hydrogen (secondary N) is 1. The number of phenolic OH excluding ortho intramolecular Hbond substituents is 1. The van der Waals surface area contributed by atoms with E-state index in [-0.39, 0.29) is 11.7 Å². The van der Waals surface area contributed by atoms with Gasteiger partial charge in [-0.1, -0.05) is 23.7 Å². The molecule has 0 aliphatic heterocycles. The Kier molecular flexibility index (Phi) is 6.96. The molecule has 0 bridgehead atoms. The predicted molar refractivity (Wildman–Crippen MR) is 98.0 cm³/mol. The highest BCUT2D eigenvalue weighted by Crippen LogP contribution is 2.25. The summed E-state index contributed by atoms with van der Waals surface area (Å²) in [6.45, 7) is 0. The van der Waals surface area contributed by atoms with E-state index < -0.39 is 0 Å². The first-order valence-electron chi connectivity index (χ1n) is 7.09. The molecule has 0 unspecified atom stereocenters. The predicted octanol–water partition coefficient (Wildman–Crippen LogP) is 3.44. The van der Waals surface area contributed by atoms with Gasteiger partial charge in [-0.3, -0.25) is 4.79 Å². The van der Waals surface area contributed by atoms with Crippen LogP contribution < -0.4 is 10.2 Å². The van der Waals surface area contributed by atoms with Crippen LogP contribution in [0.3, 0.4) is 0 Å². The summed E-state index contributed by atoms with van der Waals surface area (Å²) in [6.07, 6.45) is 1.49. The van der Waals surface area contributed by atoms with Crippen molar-refractivity contribution in [3.63, 3.8) is 0 Å². The molecule has 2 N–H and O–H groups in total. The summed E-state index contributed by atoms with van der Waals surface area (Å²) in [6, 6.07) is 12.3. The first kappa shape index (κ1) is 18.2. The van der Waals surface area contributed by atoms with E-state index in [0.717, 1.165) is 5.56 Å². The fourth-order valence-electron chi connectivity index (χ4n) is 1.87. The number of nitrogens with zero attached hydrogens (tertiary/aromatic N) is 1. The van der Waals surface area contributed by atoms with Gasteiger partial charge in [0.1, 0.15) is 0 Å². The van der Waals surface area contributed by atoms with Crippen molar-refractivity contribution in [3.8, 4) is 11.5 Å². The van der Waals surface area contributed by atoms with Crippen LogP contribution in [0.2, 0.25) is 5.02 Å². The number of thioether (sulfide) groups is 1. The Morgan fingerprint density at radius 3 is 2.96 bits per heavy atom. The molecule has 1 amide bonds. The van der Waals surface area contributed by atoms with E-state index in [4.69, 9.17) is 16.3 Å². The van der Waals surface area contributed by atoms with Gasteiger partial charge >= 0.3 is 0 Å². The molecule has 0 saturated carbocycles. The van der Waals surface area contributed by atoms with Crippen LogP contribution in [0.1, 0.15) is 11.1 Å². The largest absolute Gasteiger partial charge is 0.504 e. The van der Waals surface area contributed by atoms with E-state index in [1.165, 1.54) is 31.2 Å². The molecule has 24 heavy (non-hydrogen) atoms. The first-order valence-corrected chi connectivity index (χ1v) is 8.63. The molecule has 0 spiro atoms. The number of hydrazone groups is 1. The second kappa shape index (κ2) is 9.20. The van der Waals surface area contributed by atoms with Gasteiger partial charge in [-0.25, -0.2) is 5.43 Å². The van der Waals surface area contributed by atoms with Crippen LogP contribution in [0, 0.1) is 0 Å². The van der Waals surface area contributed by atoms with Crippen LogP contribution in [0.15, 0.2) is 47.6 Å². The second-order valence-electron chi connectivity index (χ2n) is 4.85. The molecular formula is C17H17ClN2O3S. The van der Waals surface area contributed by atoms with Crippen molar-refractivity contribution in [2.45, 2.75) is 5.75 Å². The van der Waals surface area contributed by atoms with Crippen molar-refractivity contribution >= 4 is 35.5 Å². The number of phenols is 1. The van der Waals surface area contributed by atoms with Crippen molar-refractivity contribution in [2.24, 2.45) is 5.10 Å². The van der Waals surface area contributed by atoms with E-state index >= 15 is 0 Å². The van der Waals surface area contributed by atoms with E-state index in [1.807, 2.05) is 24.3 Å². The van der Waals surface area contributed by atoms with E-state index in [0.29, 0.717) is 27.8 Å². The van der Waals surface area contributed by atoms with Crippen LogP contribution in [-0.4, -0.2) is 30.1 Å². The van der Waals surface area contributed by atoms with Crippen LogP contribution in [0.4, 0.5) is 0 Å². The third-order valence-electron chi connectivity index (χ3n) is 3.00. The Bertz CT molecular complexity index is 738. The van der Waals surface area contributed by atoms with Crippen molar-refractivity contribution in [1.29, 1.82) is 0 Å². The number of benzene rings is 2. The number of methoxy groups -OCH3 is 1. The number of carbonyl (C=O) groups excluding carboxylic acids is 1. The lowest BCUT2D eigenvalue weighted by molar-refractivity contribution is -0.118. The molecular weight excluding hydrogens is 348 g/mol. The highest BCUT2D eigenvalue weighted by atomic mass is 35.5. The maximum atomic E-state index is 11.7. The fourth-order valence-corrected chi connectivity index (χ4v) is 2.85. The van der Waals surface area contributed by atoms with Crippen molar-refractivity contribution in [3.05, 3.63) is 58.6 Å². The Hall–Kier alpha value is -2.18. The number of halogens is 1. The maximum Gasteiger partial charge on any atom is 0.250 e. The molecule has 0 heterocycles. The van der Waals surface area contributed by atoms with Gasteiger partial charge in [-0.2, -0.15) is 5.10 Å². The summed E-state index contributed by atoms with van der Waals surface area (Å²) in [4.78, 5) is 11.7. The van der Waals surface area contributed by atoms with Crippen LogP contribution in [0.5, 0.6) is 11.5 Å². The summed E-state index contributed by atoms with van der Waals surface area (Å²) >= 11 is 7.39. The Balaban J connectivity index is 1.76. The molecule has 0 saturated heterocycles. The molecule has 0 aromatic heterocycles. The lowest BCUT2D eigenvalue weighted by atomic mass is 10.2. The first-order chi connectivity index (χ1) is 11.6. The zero-order chi connectivity index (χ0) is 17.4. The highest BCUT2D eigenvalue weighted by molar-refractivity contribution is 7.99. The number of hydrogen-bond donors (Lipinski definition) is 2. The monoisotopic (exact) mass is 364 g/mol. The summed E-state index contributed by atoms with van der Waals surface area (Å²) in [7, 11) is 1.47. The van der Waals surface area contributed by atoms with Gasteiger partial charge in [0, 0.05) is 10.8 Å². The maximum absolute atomic E-state index is 11.7. The molecule has 2 aromatic rings. The summed E-state index contributed by atoms with van der Waals surface area (Å²) in [5.74, 6) is 1.21. The topological polar surface area (TPSA) is 70.9 Å². The number of carbonyl (C=O) groups is 1. The van der Waals surface area contributed by atoms with Crippen LogP contribution in [-0.2, 0) is 10.5 Å². The van der Waals surface area contributed by atoms with Gasteiger partial charge in [0.25, 0.3) is 0 Å². The van der Waals surface area contributed by atoms with Crippen molar-refractivity contribution < 1.29 is 14.6 Å². The summed E-state index contributed by atoms with van der Waals surface area (Å²) in [5.41, 5.74) is 4.24. The molecule has 0 atom stereocenters. The zero-order valence-corrected chi connectivity index (χ0v) is 14.6. The molecule has 0 fully saturated rings. The van der Waals surface area contributed by atoms with Gasteiger partial charge < -0.3 is 9.84 Å². The molecule has 2 rings (SSSR count). The highest BCUT2D eigenvalue weighted by Gasteiger charge is 2.03. The summed E-state index contributed by atoms with van der Waals surface area (Å²) < 4.78 is 5.00. The minimum Gasteiger partial charge on any atom is -0.504 e. The number of hydrogen-bond acceptors (Lipinski definition) is 5. The third-order valence-corrected chi connectivity index (χ3v) is 4.24. The minimum absolute atomic E-state index is 0.0519. The van der Waals surface area contributed by atoms with Crippen LogP contribution >= 0.6 is 23.4 Å². The van der Waals surface area contributed by atoms with Crippen molar-refractivity contribution in [1.82, 2.24) is 5.43 Å². The van der Waals surface area contributed by atoms with Gasteiger partial charge in [-0.05, 0) is 41.5 Å². The van der Waals surface area contributed by atoms with E-state index in [1.54, 1.807) is 12.1 Å². The molecule has 7 heteroatoms. The number of rotatable bonds is 7. The lowest BCUT2D eigenvalue weighted by Gasteiger charge is -2.04. The lowest BCUT2D eigenvalue weighted by Crippen LogP contribution is -2.19. The third kappa shape index (κ3) is 5.79. The molecule has 0 aliphatic rings. The molecule has 0 aliphatic carbocycles. The van der Waals surface area contributed by atoms with Gasteiger partial charge in [0.2, 0.25) is 5.91 Å². The van der Waals surface area contributed by atoms with Crippen molar-refractivity contribution in [2.75, 3.05) is 12.9 Å². The number of aromatic hydroxyl groups is 1. The smallest absolute Gasteiger partial charge is 0.250 e. The molecule has 126 valence electrons. The molecule has 5 nitrogen and oxygen atoms in total. The minimum atomic E-state index is -0.191. The standard InChI is InChI=1S/C17H17ClN2O3S/c1-23-16-8-12(5-6-15(16)21)9-19-20-17(22)11-24-10-13-3-2-4-14(18)7-13/h2-9,21H,10-11H2,1H3,(H,20,22)/b19-9-. The van der Waals surface area contributed by atoms with Gasteiger partial charge in [-0.15, -0.1) is 11.8 Å². The van der Waals surface area contributed by atoms with Gasteiger partial charge in [0.15, 0.2) is 11.5 Å². The summed E-state index contributed by atoms with van der Waals surface area (Å²) in [5, 5.41) is 14.1. The normalized spacial score (nSPS) is 10.8. The Labute approximate surface area is 149 Å². The van der Waals surface area contributed by atoms with E-state index in [9.17, 15) is 9.90 Å². The Morgan fingerprint density at radius 2 is 2.21 bits per heavy atom. The quantitative estimate of drug-likeness (QED) is 0.583. The Morgan fingerprint density at radius 1 is 1.38 bits per heavy atom. The van der Waals surface area contributed by atoms with E-state index in [2.05, 4.69) is 10.5 Å².